The summed E-state index contributed by atoms with van der Waals surface area (Å²) in [6.45, 7) is 1.33. The van der Waals surface area contributed by atoms with Crippen LogP contribution in [-0.4, -0.2) is 17.4 Å². The molecule has 0 spiro atoms. The lowest BCUT2D eigenvalue weighted by Gasteiger charge is -2.29. The summed E-state index contributed by atoms with van der Waals surface area (Å²) in [7, 11) is 0. The second-order valence-electron chi connectivity index (χ2n) is 4.95. The number of fused-ring (bicyclic) bond motifs is 1. The van der Waals surface area contributed by atoms with Crippen molar-refractivity contribution in [3.05, 3.63) is 64.2 Å². The average molecular weight is 287 g/mol. The van der Waals surface area contributed by atoms with Gasteiger partial charge in [-0.15, -0.1) is 0 Å². The van der Waals surface area contributed by atoms with Gasteiger partial charge >= 0.3 is 0 Å². The molecule has 0 radical (unpaired) electrons. The molecular weight excluding hydrogens is 272 g/mol. The SMILES string of the molecule is Nc1cccc(C(=O)N2CCc3ccccc3C2)c1Cl. The Morgan fingerprint density at radius 3 is 2.65 bits per heavy atom. The van der Waals surface area contributed by atoms with Crippen LogP contribution >= 0.6 is 11.6 Å². The van der Waals surface area contributed by atoms with Crippen LogP contribution in [0.5, 0.6) is 0 Å². The number of carbonyl (C=O) groups is 1. The zero-order chi connectivity index (χ0) is 14.1. The molecule has 1 aliphatic heterocycles. The van der Waals surface area contributed by atoms with E-state index < -0.39 is 0 Å². The van der Waals surface area contributed by atoms with E-state index in [1.54, 1.807) is 18.2 Å². The van der Waals surface area contributed by atoms with Gasteiger partial charge in [0, 0.05) is 13.1 Å². The van der Waals surface area contributed by atoms with E-state index in [1.807, 2.05) is 17.0 Å². The van der Waals surface area contributed by atoms with Crippen LogP contribution in [0.25, 0.3) is 0 Å². The highest BCUT2D eigenvalue weighted by molar-refractivity contribution is 6.36. The molecule has 0 saturated carbocycles. The van der Waals surface area contributed by atoms with Crippen molar-refractivity contribution in [2.45, 2.75) is 13.0 Å². The Labute approximate surface area is 123 Å². The average Bonchev–Trinajstić information content (AvgIpc) is 2.49. The van der Waals surface area contributed by atoms with E-state index in [0.29, 0.717) is 29.4 Å². The van der Waals surface area contributed by atoms with Gasteiger partial charge in [-0.1, -0.05) is 41.9 Å². The molecule has 0 unspecified atom stereocenters. The third-order valence-electron chi connectivity index (χ3n) is 3.68. The first-order valence-corrected chi connectivity index (χ1v) is 6.94. The van der Waals surface area contributed by atoms with Crippen LogP contribution in [-0.2, 0) is 13.0 Å². The van der Waals surface area contributed by atoms with Gasteiger partial charge in [-0.25, -0.2) is 0 Å². The van der Waals surface area contributed by atoms with Gasteiger partial charge < -0.3 is 10.6 Å². The Morgan fingerprint density at radius 2 is 1.85 bits per heavy atom. The lowest BCUT2D eigenvalue weighted by atomic mass is 9.99. The molecule has 2 aromatic rings. The molecule has 1 heterocycles. The number of hydrogen-bond donors (Lipinski definition) is 1. The molecule has 0 atom stereocenters. The number of nitrogens with zero attached hydrogens (tertiary/aromatic N) is 1. The minimum absolute atomic E-state index is 0.0585. The van der Waals surface area contributed by atoms with Crippen molar-refractivity contribution < 1.29 is 4.79 Å². The predicted molar refractivity (Wildman–Crippen MR) is 80.8 cm³/mol. The van der Waals surface area contributed by atoms with Gasteiger partial charge in [-0.2, -0.15) is 0 Å². The first-order chi connectivity index (χ1) is 9.66. The fraction of sp³-hybridized carbons (Fsp3) is 0.188. The highest BCUT2D eigenvalue weighted by atomic mass is 35.5. The highest BCUT2D eigenvalue weighted by Gasteiger charge is 2.23. The number of hydrogen-bond acceptors (Lipinski definition) is 2. The molecule has 3 rings (SSSR count). The summed E-state index contributed by atoms with van der Waals surface area (Å²) in [5.41, 5.74) is 9.20. The number of nitrogen functional groups attached to an aromatic ring is 1. The molecule has 0 aromatic heterocycles. The number of anilines is 1. The van der Waals surface area contributed by atoms with Crippen molar-refractivity contribution in [3.63, 3.8) is 0 Å². The summed E-state index contributed by atoms with van der Waals surface area (Å²) in [5.74, 6) is -0.0585. The quantitative estimate of drug-likeness (QED) is 0.819. The monoisotopic (exact) mass is 286 g/mol. The third-order valence-corrected chi connectivity index (χ3v) is 4.10. The van der Waals surface area contributed by atoms with Crippen molar-refractivity contribution in [2.24, 2.45) is 0 Å². The number of nitrogens with two attached hydrogens (primary N) is 1. The van der Waals surface area contributed by atoms with Crippen molar-refractivity contribution in [1.82, 2.24) is 4.90 Å². The zero-order valence-electron chi connectivity index (χ0n) is 11.0. The van der Waals surface area contributed by atoms with Crippen molar-refractivity contribution in [3.8, 4) is 0 Å². The van der Waals surface area contributed by atoms with Crippen LogP contribution < -0.4 is 5.73 Å². The van der Waals surface area contributed by atoms with Crippen molar-refractivity contribution >= 4 is 23.2 Å². The van der Waals surface area contributed by atoms with Crippen molar-refractivity contribution in [2.75, 3.05) is 12.3 Å². The Bertz CT molecular complexity index is 669. The summed E-state index contributed by atoms with van der Waals surface area (Å²) < 4.78 is 0. The summed E-state index contributed by atoms with van der Waals surface area (Å²) in [5, 5.41) is 0.344. The Morgan fingerprint density at radius 1 is 1.10 bits per heavy atom. The van der Waals surface area contributed by atoms with Crippen molar-refractivity contribution in [1.29, 1.82) is 0 Å². The standard InChI is InChI=1S/C16H15ClN2O/c17-15-13(6-3-7-14(15)18)16(20)19-9-8-11-4-1-2-5-12(11)10-19/h1-7H,8-10,18H2. The molecular formula is C16H15ClN2O. The van der Waals surface area contributed by atoms with E-state index in [0.717, 1.165) is 6.42 Å². The van der Waals surface area contributed by atoms with E-state index in [-0.39, 0.29) is 5.91 Å². The third kappa shape index (κ3) is 2.25. The summed E-state index contributed by atoms with van der Waals surface area (Å²) in [6.07, 6.45) is 0.877. The summed E-state index contributed by atoms with van der Waals surface area (Å²) in [4.78, 5) is 14.4. The topological polar surface area (TPSA) is 46.3 Å². The van der Waals surface area contributed by atoms with Gasteiger partial charge in [0.1, 0.15) is 0 Å². The maximum atomic E-state index is 12.6. The Hall–Kier alpha value is -2.00. The molecule has 0 fully saturated rings. The maximum absolute atomic E-state index is 12.6. The van der Waals surface area contributed by atoms with Crippen LogP contribution in [0, 0.1) is 0 Å². The molecule has 0 bridgehead atoms. The minimum atomic E-state index is -0.0585. The van der Waals surface area contributed by atoms with E-state index in [4.69, 9.17) is 17.3 Å². The first kappa shape index (κ1) is 13.0. The van der Waals surface area contributed by atoms with Crippen LogP contribution in [0.15, 0.2) is 42.5 Å². The largest absolute Gasteiger partial charge is 0.398 e. The molecule has 2 N–H and O–H groups in total. The van der Waals surface area contributed by atoms with Gasteiger partial charge in [0.25, 0.3) is 5.91 Å². The van der Waals surface area contributed by atoms with E-state index in [9.17, 15) is 4.79 Å². The van der Waals surface area contributed by atoms with Gasteiger partial charge in [0.15, 0.2) is 0 Å². The first-order valence-electron chi connectivity index (χ1n) is 6.57. The Balaban J connectivity index is 1.88. The second kappa shape index (κ2) is 5.17. The van der Waals surface area contributed by atoms with Gasteiger partial charge in [-0.05, 0) is 29.7 Å². The lowest BCUT2D eigenvalue weighted by Crippen LogP contribution is -2.36. The fourth-order valence-corrected chi connectivity index (χ4v) is 2.76. The zero-order valence-corrected chi connectivity index (χ0v) is 11.7. The molecule has 1 amide bonds. The van der Waals surface area contributed by atoms with Crippen LogP contribution in [0.1, 0.15) is 21.5 Å². The fourth-order valence-electron chi connectivity index (χ4n) is 2.55. The highest BCUT2D eigenvalue weighted by Crippen LogP contribution is 2.26. The van der Waals surface area contributed by atoms with E-state index in [1.165, 1.54) is 11.1 Å². The molecule has 0 saturated heterocycles. The predicted octanol–water partition coefficient (Wildman–Crippen LogP) is 3.12. The Kier molecular flexibility index (Phi) is 3.36. The number of amides is 1. The molecule has 102 valence electrons. The number of rotatable bonds is 1. The summed E-state index contributed by atoms with van der Waals surface area (Å²) in [6, 6.07) is 13.4. The van der Waals surface area contributed by atoms with Crippen LogP contribution in [0.3, 0.4) is 0 Å². The normalized spacial score (nSPS) is 13.9. The van der Waals surface area contributed by atoms with Gasteiger partial charge in [0.2, 0.25) is 0 Å². The second-order valence-corrected chi connectivity index (χ2v) is 5.33. The molecule has 1 aliphatic rings. The van der Waals surface area contributed by atoms with Gasteiger partial charge in [0.05, 0.1) is 16.3 Å². The molecule has 3 nitrogen and oxygen atoms in total. The van der Waals surface area contributed by atoms with E-state index >= 15 is 0 Å². The molecule has 0 aliphatic carbocycles. The molecule has 4 heteroatoms. The minimum Gasteiger partial charge on any atom is -0.398 e. The lowest BCUT2D eigenvalue weighted by molar-refractivity contribution is 0.0735. The maximum Gasteiger partial charge on any atom is 0.255 e. The van der Waals surface area contributed by atoms with Crippen LogP contribution in [0.2, 0.25) is 5.02 Å². The smallest absolute Gasteiger partial charge is 0.255 e. The number of halogens is 1. The summed E-state index contributed by atoms with van der Waals surface area (Å²) >= 11 is 6.14. The van der Waals surface area contributed by atoms with Gasteiger partial charge in [-0.3, -0.25) is 4.79 Å². The van der Waals surface area contributed by atoms with Crippen LogP contribution in [0.4, 0.5) is 5.69 Å². The molecule has 20 heavy (non-hydrogen) atoms. The number of benzene rings is 2. The number of carbonyl (C=O) groups excluding carboxylic acids is 1. The van der Waals surface area contributed by atoms with E-state index in [2.05, 4.69) is 12.1 Å². The molecule has 2 aromatic carbocycles.